The van der Waals surface area contributed by atoms with Crippen molar-refractivity contribution in [2.75, 3.05) is 0 Å². The molecule has 0 N–H and O–H groups in total. The largest absolute Gasteiger partial charge is 0.344 e. The summed E-state index contributed by atoms with van der Waals surface area (Å²) < 4.78 is 11.7. The smallest absolute Gasteiger partial charge is 0.169 e. The van der Waals surface area contributed by atoms with Crippen LogP contribution < -0.4 is 0 Å². The monoisotopic (exact) mass is 170 g/mol. The second-order valence-electron chi connectivity index (χ2n) is 4.40. The van der Waals surface area contributed by atoms with Gasteiger partial charge in [0, 0.05) is 12.8 Å². The molecule has 0 aromatic heterocycles. The first-order valence-corrected chi connectivity index (χ1v) is 4.97. The third-order valence-electron chi connectivity index (χ3n) is 3.14. The number of hydrogen-bond donors (Lipinski definition) is 0. The van der Waals surface area contributed by atoms with Crippen molar-refractivity contribution >= 4 is 0 Å². The lowest BCUT2D eigenvalue weighted by atomic mass is 10.1. The van der Waals surface area contributed by atoms with Gasteiger partial charge in [-0.2, -0.15) is 0 Å². The summed E-state index contributed by atoms with van der Waals surface area (Å²) in [7, 11) is 0. The molecule has 0 radical (unpaired) electrons. The van der Waals surface area contributed by atoms with E-state index in [1.54, 1.807) is 0 Å². The predicted molar refractivity (Wildman–Crippen MR) is 46.8 cm³/mol. The van der Waals surface area contributed by atoms with Gasteiger partial charge >= 0.3 is 0 Å². The maximum Gasteiger partial charge on any atom is 0.169 e. The van der Waals surface area contributed by atoms with Crippen LogP contribution in [0.25, 0.3) is 0 Å². The Morgan fingerprint density at radius 3 is 2.08 bits per heavy atom. The van der Waals surface area contributed by atoms with Gasteiger partial charge in [0.05, 0.1) is 12.2 Å². The van der Waals surface area contributed by atoms with Gasteiger partial charge in [-0.1, -0.05) is 6.92 Å². The predicted octanol–water partition coefficient (Wildman–Crippen LogP) is 2.33. The van der Waals surface area contributed by atoms with Gasteiger partial charge in [0.15, 0.2) is 5.79 Å². The van der Waals surface area contributed by atoms with Gasteiger partial charge in [0.2, 0.25) is 0 Å². The van der Waals surface area contributed by atoms with Crippen LogP contribution in [0.1, 0.15) is 40.0 Å². The average molecular weight is 170 g/mol. The molecule has 1 aliphatic carbocycles. The molecule has 0 aromatic rings. The van der Waals surface area contributed by atoms with Crippen LogP contribution in [-0.4, -0.2) is 18.0 Å². The zero-order chi connectivity index (χ0) is 8.77. The molecule has 2 unspecified atom stereocenters. The van der Waals surface area contributed by atoms with E-state index >= 15 is 0 Å². The summed E-state index contributed by atoms with van der Waals surface area (Å²) in [6, 6.07) is 0. The van der Waals surface area contributed by atoms with Crippen LogP contribution in [0.15, 0.2) is 0 Å². The summed E-state index contributed by atoms with van der Waals surface area (Å²) >= 11 is 0. The van der Waals surface area contributed by atoms with Gasteiger partial charge in [-0.15, -0.1) is 0 Å². The Morgan fingerprint density at radius 1 is 1.08 bits per heavy atom. The third kappa shape index (κ3) is 1.27. The minimum Gasteiger partial charge on any atom is -0.344 e. The first-order chi connectivity index (χ1) is 5.61. The summed E-state index contributed by atoms with van der Waals surface area (Å²) in [6.45, 7) is 6.47. The molecule has 2 heteroatoms. The molecule has 0 bridgehead atoms. The molecule has 2 nitrogen and oxygen atoms in total. The average Bonchev–Trinajstić information content (AvgIpc) is 2.42. The van der Waals surface area contributed by atoms with Crippen molar-refractivity contribution < 1.29 is 9.47 Å². The fourth-order valence-electron chi connectivity index (χ4n) is 2.31. The highest BCUT2D eigenvalue weighted by molar-refractivity contribution is 4.88. The summed E-state index contributed by atoms with van der Waals surface area (Å²) in [4.78, 5) is 0. The zero-order valence-corrected chi connectivity index (χ0v) is 8.17. The Labute approximate surface area is 74.2 Å². The molecule has 1 spiro atoms. The van der Waals surface area contributed by atoms with Crippen LogP contribution in [0.4, 0.5) is 0 Å². The van der Waals surface area contributed by atoms with E-state index < -0.39 is 0 Å². The second kappa shape index (κ2) is 2.71. The summed E-state index contributed by atoms with van der Waals surface area (Å²) in [5, 5.41) is 0. The van der Waals surface area contributed by atoms with E-state index in [-0.39, 0.29) is 18.0 Å². The first-order valence-electron chi connectivity index (χ1n) is 4.97. The lowest BCUT2D eigenvalue weighted by Crippen LogP contribution is -2.26. The van der Waals surface area contributed by atoms with Gasteiger partial charge in [-0.25, -0.2) is 0 Å². The number of rotatable bonds is 0. The highest BCUT2D eigenvalue weighted by Gasteiger charge is 2.47. The maximum atomic E-state index is 5.87. The first kappa shape index (κ1) is 8.52. The molecule has 12 heavy (non-hydrogen) atoms. The summed E-state index contributed by atoms with van der Waals surface area (Å²) in [5.74, 6) is 0.570. The molecular formula is C10H18O2. The van der Waals surface area contributed by atoms with Crippen molar-refractivity contribution in [3.8, 4) is 0 Å². The van der Waals surface area contributed by atoms with Crippen LogP contribution in [0.3, 0.4) is 0 Å². The van der Waals surface area contributed by atoms with Crippen LogP contribution in [0.5, 0.6) is 0 Å². The lowest BCUT2D eigenvalue weighted by molar-refractivity contribution is -0.168. The highest BCUT2D eigenvalue weighted by Crippen LogP contribution is 2.44. The van der Waals surface area contributed by atoms with E-state index in [9.17, 15) is 0 Å². The van der Waals surface area contributed by atoms with Crippen LogP contribution in [0.2, 0.25) is 0 Å². The molecule has 2 fully saturated rings. The molecule has 2 rings (SSSR count). The maximum absolute atomic E-state index is 5.87. The van der Waals surface area contributed by atoms with Gasteiger partial charge in [0.1, 0.15) is 0 Å². The molecule has 1 heterocycles. The third-order valence-corrected chi connectivity index (χ3v) is 3.14. The van der Waals surface area contributed by atoms with Gasteiger partial charge in [-0.05, 0) is 26.2 Å². The molecule has 4 atom stereocenters. The Balaban J connectivity index is 2.05. The van der Waals surface area contributed by atoms with E-state index in [0.29, 0.717) is 0 Å². The molecule has 0 aromatic carbocycles. The summed E-state index contributed by atoms with van der Waals surface area (Å²) in [5.41, 5.74) is 0. The van der Waals surface area contributed by atoms with Crippen LogP contribution >= 0.6 is 0 Å². The standard InChI is InChI=1S/C10H18O2/c1-7-4-5-10(6-7)11-8(2)9(3)12-10/h7-9H,4-6H2,1-3H3/t7-,8-,9?,10?/m1/s1. The van der Waals surface area contributed by atoms with Crippen molar-refractivity contribution in [1.29, 1.82) is 0 Å². The van der Waals surface area contributed by atoms with E-state index in [1.807, 2.05) is 0 Å². The van der Waals surface area contributed by atoms with Crippen molar-refractivity contribution in [2.24, 2.45) is 5.92 Å². The van der Waals surface area contributed by atoms with Crippen molar-refractivity contribution in [1.82, 2.24) is 0 Å². The molecule has 0 amide bonds. The molecule has 70 valence electrons. The summed E-state index contributed by atoms with van der Waals surface area (Å²) in [6.07, 6.45) is 3.97. The Morgan fingerprint density at radius 2 is 1.67 bits per heavy atom. The van der Waals surface area contributed by atoms with E-state index in [0.717, 1.165) is 18.8 Å². The topological polar surface area (TPSA) is 18.5 Å². The number of hydrogen-bond acceptors (Lipinski definition) is 2. The minimum absolute atomic E-state index is 0.196. The lowest BCUT2D eigenvalue weighted by Gasteiger charge is -2.22. The van der Waals surface area contributed by atoms with Crippen LogP contribution in [-0.2, 0) is 9.47 Å². The molecular weight excluding hydrogens is 152 g/mol. The van der Waals surface area contributed by atoms with Gasteiger partial charge in [0.25, 0.3) is 0 Å². The van der Waals surface area contributed by atoms with Gasteiger partial charge in [-0.3, -0.25) is 0 Å². The SMILES string of the molecule is CC1OC2(CC[C@@H](C)C2)O[C@@H]1C. The fraction of sp³-hybridized carbons (Fsp3) is 1.00. The van der Waals surface area contributed by atoms with Gasteiger partial charge < -0.3 is 9.47 Å². The van der Waals surface area contributed by atoms with Crippen molar-refractivity contribution in [3.63, 3.8) is 0 Å². The second-order valence-corrected chi connectivity index (χ2v) is 4.40. The van der Waals surface area contributed by atoms with Crippen LogP contribution in [0, 0.1) is 5.92 Å². The molecule has 1 aliphatic heterocycles. The molecule has 1 saturated heterocycles. The number of ether oxygens (including phenoxy) is 2. The quantitative estimate of drug-likeness (QED) is 0.555. The van der Waals surface area contributed by atoms with Crippen molar-refractivity contribution in [3.05, 3.63) is 0 Å². The zero-order valence-electron chi connectivity index (χ0n) is 8.17. The Bertz CT molecular complexity index is 169. The highest BCUT2D eigenvalue weighted by atomic mass is 16.8. The molecule has 1 saturated carbocycles. The van der Waals surface area contributed by atoms with Crippen molar-refractivity contribution in [2.45, 2.75) is 58.0 Å². The van der Waals surface area contributed by atoms with E-state index in [4.69, 9.17) is 9.47 Å². The molecule has 2 aliphatic rings. The fourth-order valence-corrected chi connectivity index (χ4v) is 2.31. The Kier molecular flexibility index (Phi) is 1.92. The van der Waals surface area contributed by atoms with E-state index in [1.165, 1.54) is 6.42 Å². The minimum atomic E-state index is -0.196. The van der Waals surface area contributed by atoms with E-state index in [2.05, 4.69) is 20.8 Å². The normalized spacial score (nSPS) is 53.8. The Hall–Kier alpha value is -0.0800.